The first-order valence-electron chi connectivity index (χ1n) is 10.1. The second-order valence-corrected chi connectivity index (χ2v) is 8.64. The van der Waals surface area contributed by atoms with Crippen LogP contribution in [0.5, 0.6) is 11.5 Å². The smallest absolute Gasteiger partial charge is 0.283 e. The van der Waals surface area contributed by atoms with Gasteiger partial charge in [-0.2, -0.15) is 15.1 Å². The van der Waals surface area contributed by atoms with E-state index in [4.69, 9.17) is 26.5 Å². The lowest BCUT2D eigenvalue weighted by molar-refractivity contribution is -0.385. The van der Waals surface area contributed by atoms with E-state index in [0.29, 0.717) is 33.7 Å². The van der Waals surface area contributed by atoms with E-state index < -0.39 is 10.8 Å². The lowest BCUT2D eigenvalue weighted by atomic mass is 10.1. The van der Waals surface area contributed by atoms with Gasteiger partial charge in [0.2, 0.25) is 5.17 Å². The highest BCUT2D eigenvalue weighted by Crippen LogP contribution is 2.39. The van der Waals surface area contributed by atoms with Crippen molar-refractivity contribution in [3.8, 4) is 11.5 Å². The van der Waals surface area contributed by atoms with Crippen LogP contribution in [0.1, 0.15) is 25.0 Å². The topological polar surface area (TPSA) is 130 Å². The zero-order valence-electron chi connectivity index (χ0n) is 18.1. The average Bonchev–Trinajstić information content (AvgIpc) is 3.16. The molecule has 4 rings (SSSR count). The van der Waals surface area contributed by atoms with E-state index in [-0.39, 0.29) is 34.5 Å². The molecule has 0 spiro atoms. The van der Waals surface area contributed by atoms with Crippen LogP contribution in [0.2, 0.25) is 5.02 Å². The van der Waals surface area contributed by atoms with Gasteiger partial charge in [-0.05, 0) is 55.4 Å². The molecule has 0 aromatic heterocycles. The van der Waals surface area contributed by atoms with Crippen molar-refractivity contribution in [2.45, 2.75) is 20.5 Å². The summed E-state index contributed by atoms with van der Waals surface area (Å²) in [6.45, 7) is 3.76. The second kappa shape index (κ2) is 9.65. The molecule has 34 heavy (non-hydrogen) atoms. The van der Waals surface area contributed by atoms with Crippen LogP contribution in [0.15, 0.2) is 52.1 Å². The normalized spacial score (nSPS) is 16.3. The van der Waals surface area contributed by atoms with Gasteiger partial charge in [0.05, 0.1) is 32.7 Å². The fraction of sp³-hybridized carbons (Fsp3) is 0.182. The average molecular weight is 500 g/mol. The van der Waals surface area contributed by atoms with Crippen molar-refractivity contribution in [3.63, 3.8) is 0 Å². The first kappa shape index (κ1) is 23.5. The highest BCUT2D eigenvalue weighted by atomic mass is 35.5. The van der Waals surface area contributed by atoms with Crippen molar-refractivity contribution >= 4 is 57.1 Å². The van der Waals surface area contributed by atoms with Crippen molar-refractivity contribution in [1.82, 2.24) is 5.01 Å². The third kappa shape index (κ3) is 4.66. The number of benzene rings is 2. The van der Waals surface area contributed by atoms with Gasteiger partial charge in [-0.25, -0.2) is 0 Å². The maximum absolute atomic E-state index is 12.5. The van der Waals surface area contributed by atoms with Crippen molar-refractivity contribution in [1.29, 1.82) is 5.41 Å². The summed E-state index contributed by atoms with van der Waals surface area (Å²) >= 11 is 7.69. The number of ether oxygens (including phenoxy) is 2. The molecule has 174 valence electrons. The Balaban J connectivity index is 1.65. The number of amides is 1. The van der Waals surface area contributed by atoms with Gasteiger partial charge in [-0.3, -0.25) is 20.3 Å². The number of hydrogen-bond donors (Lipinski definition) is 1. The molecule has 2 aromatic rings. The van der Waals surface area contributed by atoms with Gasteiger partial charge < -0.3 is 9.47 Å². The molecule has 1 N–H and O–H groups in total. The molecule has 2 aliphatic heterocycles. The van der Waals surface area contributed by atoms with Crippen LogP contribution in [-0.2, 0) is 11.4 Å². The third-order valence-electron chi connectivity index (χ3n) is 4.76. The third-order valence-corrected chi connectivity index (χ3v) is 5.86. The molecule has 2 heterocycles. The molecular formula is C22H18ClN5O5S. The lowest BCUT2D eigenvalue weighted by Crippen LogP contribution is -2.35. The van der Waals surface area contributed by atoms with Crippen LogP contribution in [-0.4, -0.2) is 38.5 Å². The minimum atomic E-state index is -0.556. The molecule has 0 atom stereocenters. The summed E-state index contributed by atoms with van der Waals surface area (Å²) in [5.74, 6) is -0.139. The minimum Gasteiger partial charge on any atom is -0.490 e. The standard InChI is InChI=1S/C22H18ClN5O5S/c1-3-32-18-10-13(8-15-20(24)27-22(25-21(15)29)34-12(2)26-27)9-16(23)19(18)33-11-14-6-4-5-7-17(14)28(30)31/h4-10,24H,3,11H2,1-2H3/b15-8-,24-20?. The maximum atomic E-state index is 12.5. The predicted molar refractivity (Wildman–Crippen MR) is 131 cm³/mol. The predicted octanol–water partition coefficient (Wildman–Crippen LogP) is 4.86. The van der Waals surface area contributed by atoms with E-state index >= 15 is 0 Å². The van der Waals surface area contributed by atoms with E-state index in [9.17, 15) is 14.9 Å². The number of nitrogens with zero attached hydrogens (tertiary/aromatic N) is 4. The van der Waals surface area contributed by atoms with Gasteiger partial charge in [0.15, 0.2) is 17.3 Å². The molecule has 0 bridgehead atoms. The molecule has 0 aliphatic carbocycles. The summed E-state index contributed by atoms with van der Waals surface area (Å²) in [6.07, 6.45) is 1.49. The van der Waals surface area contributed by atoms with Gasteiger partial charge in [0.25, 0.3) is 11.6 Å². The highest BCUT2D eigenvalue weighted by molar-refractivity contribution is 8.26. The summed E-state index contributed by atoms with van der Waals surface area (Å²) in [4.78, 5) is 27.3. The monoisotopic (exact) mass is 499 g/mol. The number of hydrogen-bond acceptors (Lipinski definition) is 8. The van der Waals surface area contributed by atoms with Gasteiger partial charge in [-0.1, -0.05) is 23.7 Å². The Kier molecular flexibility index (Phi) is 6.66. The quantitative estimate of drug-likeness (QED) is 0.327. The summed E-state index contributed by atoms with van der Waals surface area (Å²) in [7, 11) is 0. The van der Waals surface area contributed by atoms with E-state index in [0.717, 1.165) is 0 Å². The van der Waals surface area contributed by atoms with Crippen LogP contribution < -0.4 is 9.47 Å². The first-order chi connectivity index (χ1) is 16.3. The van der Waals surface area contributed by atoms with E-state index in [1.807, 2.05) is 0 Å². The number of hydrazone groups is 1. The lowest BCUT2D eigenvalue weighted by Gasteiger charge is -2.20. The van der Waals surface area contributed by atoms with Crippen molar-refractivity contribution in [3.05, 3.63) is 68.2 Å². The van der Waals surface area contributed by atoms with E-state index in [1.54, 1.807) is 44.2 Å². The van der Waals surface area contributed by atoms with Crippen LogP contribution in [0, 0.1) is 15.5 Å². The summed E-state index contributed by atoms with van der Waals surface area (Å²) in [6, 6.07) is 9.42. The number of aliphatic imine (C=N–C) groups is 1. The largest absolute Gasteiger partial charge is 0.490 e. The molecule has 12 heteroatoms. The number of carbonyl (C=O) groups excluding carboxylic acids is 1. The Bertz CT molecular complexity index is 1310. The maximum Gasteiger partial charge on any atom is 0.283 e. The molecule has 0 saturated heterocycles. The van der Waals surface area contributed by atoms with Gasteiger partial charge in [0.1, 0.15) is 6.61 Å². The zero-order chi connectivity index (χ0) is 24.4. The molecule has 10 nitrogen and oxygen atoms in total. The fourth-order valence-corrected chi connectivity index (χ4v) is 4.30. The van der Waals surface area contributed by atoms with Crippen LogP contribution in [0.25, 0.3) is 6.08 Å². The van der Waals surface area contributed by atoms with Crippen molar-refractivity contribution < 1.29 is 19.2 Å². The number of rotatable bonds is 7. The van der Waals surface area contributed by atoms with Gasteiger partial charge in [0, 0.05) is 6.07 Å². The Labute approximate surface area is 203 Å². The summed E-state index contributed by atoms with van der Waals surface area (Å²) < 4.78 is 11.5. The van der Waals surface area contributed by atoms with Gasteiger partial charge in [-0.15, -0.1) is 0 Å². The summed E-state index contributed by atoms with van der Waals surface area (Å²) in [5, 5.41) is 26.4. The number of carbonyl (C=O) groups is 1. The molecule has 0 fully saturated rings. The number of fused-ring (bicyclic) bond motifs is 1. The zero-order valence-corrected chi connectivity index (χ0v) is 19.6. The Morgan fingerprint density at radius 1 is 1.29 bits per heavy atom. The summed E-state index contributed by atoms with van der Waals surface area (Å²) in [5.41, 5.74) is 0.859. The second-order valence-electron chi connectivity index (χ2n) is 7.08. The molecule has 2 aromatic carbocycles. The number of para-hydroxylation sites is 1. The fourth-order valence-electron chi connectivity index (χ4n) is 3.29. The van der Waals surface area contributed by atoms with Crippen LogP contribution in [0.4, 0.5) is 5.69 Å². The number of halogens is 1. The number of nitro benzene ring substituents is 1. The SMILES string of the molecule is CCOc1cc(/C=C2/C(=N)N3N=C(C)SC3=NC2=O)cc(Cl)c1OCc1ccccc1[N+](=O)[O-]. The number of thioether (sulfide) groups is 1. The highest BCUT2D eigenvalue weighted by Gasteiger charge is 2.34. The van der Waals surface area contributed by atoms with Crippen molar-refractivity contribution in [2.24, 2.45) is 10.1 Å². The molecule has 0 saturated carbocycles. The molecule has 1 amide bonds. The molecule has 0 radical (unpaired) electrons. The van der Waals surface area contributed by atoms with Crippen LogP contribution in [0.3, 0.4) is 0 Å². The Morgan fingerprint density at radius 2 is 2.06 bits per heavy atom. The first-order valence-corrected chi connectivity index (χ1v) is 11.3. The molecular weight excluding hydrogens is 482 g/mol. The molecule has 0 unspecified atom stereocenters. The number of amidine groups is 2. The van der Waals surface area contributed by atoms with Crippen LogP contribution >= 0.6 is 23.4 Å². The number of nitro groups is 1. The van der Waals surface area contributed by atoms with Gasteiger partial charge >= 0.3 is 0 Å². The van der Waals surface area contributed by atoms with E-state index in [2.05, 4.69) is 10.1 Å². The number of nitrogens with one attached hydrogen (secondary N) is 1. The van der Waals surface area contributed by atoms with Crippen molar-refractivity contribution in [2.75, 3.05) is 6.61 Å². The Hall–Kier alpha value is -3.70. The molecule has 2 aliphatic rings. The minimum absolute atomic E-state index is 0.0508. The van der Waals surface area contributed by atoms with E-state index in [1.165, 1.54) is 28.9 Å². The Morgan fingerprint density at radius 3 is 2.79 bits per heavy atom.